The van der Waals surface area contributed by atoms with Crippen molar-refractivity contribution in [3.63, 3.8) is 0 Å². The molecule has 2 aromatic carbocycles. The number of nitrogens with zero attached hydrogens (tertiary/aromatic N) is 1. The van der Waals surface area contributed by atoms with Crippen LogP contribution in [0.2, 0.25) is 0 Å². The van der Waals surface area contributed by atoms with Crippen LogP contribution in [0.1, 0.15) is 30.0 Å². The molecule has 9 heteroatoms. The zero-order chi connectivity index (χ0) is 22.8. The minimum Gasteiger partial charge on any atom is -0.483 e. The first-order chi connectivity index (χ1) is 14.8. The molecule has 0 aliphatic heterocycles. The number of anilines is 1. The Morgan fingerprint density at radius 2 is 1.84 bits per heavy atom. The topological polar surface area (TPSA) is 109 Å². The smallest absolute Gasteiger partial charge is 0.329 e. The lowest BCUT2D eigenvalue weighted by Crippen LogP contribution is -2.38. The fourth-order valence-electron chi connectivity index (χ4n) is 2.44. The predicted octanol–water partition coefficient (Wildman–Crippen LogP) is 3.06. The molecule has 164 valence electrons. The zero-order valence-electron chi connectivity index (χ0n) is 17.6. The van der Waals surface area contributed by atoms with Crippen LogP contribution in [-0.2, 0) is 14.4 Å². The number of benzene rings is 2. The van der Waals surface area contributed by atoms with Gasteiger partial charge < -0.3 is 15.4 Å². The quantitative estimate of drug-likeness (QED) is 0.301. The van der Waals surface area contributed by atoms with Crippen molar-refractivity contribution in [1.82, 2.24) is 10.7 Å². The largest absolute Gasteiger partial charge is 0.483 e. The van der Waals surface area contributed by atoms with Gasteiger partial charge in [-0.25, -0.2) is 5.43 Å². The van der Waals surface area contributed by atoms with Crippen LogP contribution < -0.4 is 20.8 Å². The highest BCUT2D eigenvalue weighted by molar-refractivity contribution is 9.10. The Morgan fingerprint density at radius 3 is 2.55 bits per heavy atom. The Hall–Kier alpha value is -3.20. The molecule has 0 saturated heterocycles. The molecule has 0 fully saturated rings. The van der Waals surface area contributed by atoms with Gasteiger partial charge in [0.1, 0.15) is 5.75 Å². The second-order valence-electron chi connectivity index (χ2n) is 6.77. The van der Waals surface area contributed by atoms with Gasteiger partial charge in [-0.3, -0.25) is 14.4 Å². The molecule has 0 atom stereocenters. The van der Waals surface area contributed by atoms with Gasteiger partial charge in [0.05, 0.1) is 6.21 Å². The molecule has 0 radical (unpaired) electrons. The number of hydrazone groups is 1. The summed E-state index contributed by atoms with van der Waals surface area (Å²) < 4.78 is 6.38. The van der Waals surface area contributed by atoms with Crippen LogP contribution in [0.25, 0.3) is 0 Å². The first-order valence-electron chi connectivity index (χ1n) is 9.70. The van der Waals surface area contributed by atoms with Crippen LogP contribution >= 0.6 is 15.9 Å². The number of amides is 3. The van der Waals surface area contributed by atoms with E-state index in [0.717, 1.165) is 22.0 Å². The van der Waals surface area contributed by atoms with E-state index in [4.69, 9.17) is 4.74 Å². The third-order valence-corrected chi connectivity index (χ3v) is 4.73. The third kappa shape index (κ3) is 7.86. The molecule has 0 bridgehead atoms. The van der Waals surface area contributed by atoms with Crippen molar-refractivity contribution in [3.8, 4) is 5.75 Å². The van der Waals surface area contributed by atoms with Crippen LogP contribution in [-0.4, -0.2) is 37.1 Å². The monoisotopic (exact) mass is 488 g/mol. The van der Waals surface area contributed by atoms with Gasteiger partial charge in [-0.15, -0.1) is 0 Å². The van der Waals surface area contributed by atoms with Gasteiger partial charge >= 0.3 is 11.8 Å². The lowest BCUT2D eigenvalue weighted by molar-refractivity contribution is -0.139. The van der Waals surface area contributed by atoms with E-state index in [1.54, 1.807) is 18.2 Å². The average Bonchev–Trinajstić information content (AvgIpc) is 2.74. The molecule has 3 N–H and O–H groups in total. The molecular formula is C22H25BrN4O4. The van der Waals surface area contributed by atoms with E-state index in [-0.39, 0.29) is 12.5 Å². The Kier molecular flexibility index (Phi) is 9.20. The second-order valence-corrected chi connectivity index (χ2v) is 7.69. The Balaban J connectivity index is 1.97. The number of halogens is 1. The number of rotatable bonds is 8. The molecule has 3 amide bonds. The SMILES string of the molecule is CCCNC(=O)C(=O)N/N=C\c1cc(Br)ccc1OCC(=O)Nc1ccc(C)c(C)c1. The summed E-state index contributed by atoms with van der Waals surface area (Å²) in [6.45, 7) is 6.06. The molecule has 8 nitrogen and oxygen atoms in total. The van der Waals surface area contributed by atoms with E-state index in [0.29, 0.717) is 23.5 Å². The normalized spacial score (nSPS) is 10.6. The maximum Gasteiger partial charge on any atom is 0.329 e. The van der Waals surface area contributed by atoms with Crippen molar-refractivity contribution < 1.29 is 19.1 Å². The summed E-state index contributed by atoms with van der Waals surface area (Å²) in [6.07, 6.45) is 2.06. The average molecular weight is 489 g/mol. The van der Waals surface area contributed by atoms with Crippen LogP contribution in [0, 0.1) is 13.8 Å². The van der Waals surface area contributed by atoms with Gasteiger partial charge in [0.15, 0.2) is 6.61 Å². The number of carbonyl (C=O) groups excluding carboxylic acids is 3. The van der Waals surface area contributed by atoms with Gasteiger partial charge in [-0.05, 0) is 61.7 Å². The number of hydrogen-bond acceptors (Lipinski definition) is 5. The predicted molar refractivity (Wildman–Crippen MR) is 123 cm³/mol. The first-order valence-corrected chi connectivity index (χ1v) is 10.5. The van der Waals surface area contributed by atoms with Crippen LogP contribution in [0.5, 0.6) is 5.75 Å². The van der Waals surface area contributed by atoms with Gasteiger partial charge in [-0.1, -0.05) is 28.9 Å². The lowest BCUT2D eigenvalue weighted by atomic mass is 10.1. The summed E-state index contributed by atoms with van der Waals surface area (Å²) in [5, 5.41) is 9.05. The molecule has 31 heavy (non-hydrogen) atoms. The lowest BCUT2D eigenvalue weighted by Gasteiger charge is -2.11. The molecule has 0 aromatic heterocycles. The van der Waals surface area contributed by atoms with E-state index in [2.05, 4.69) is 37.1 Å². The van der Waals surface area contributed by atoms with Crippen molar-refractivity contribution in [2.45, 2.75) is 27.2 Å². The van der Waals surface area contributed by atoms with Gasteiger partial charge in [0.2, 0.25) is 0 Å². The number of carbonyl (C=O) groups is 3. The zero-order valence-corrected chi connectivity index (χ0v) is 19.2. The van der Waals surface area contributed by atoms with Crippen LogP contribution in [0.15, 0.2) is 46.0 Å². The summed E-state index contributed by atoms with van der Waals surface area (Å²) in [6, 6.07) is 10.8. The number of hydrogen-bond donors (Lipinski definition) is 3. The fourth-order valence-corrected chi connectivity index (χ4v) is 2.82. The van der Waals surface area contributed by atoms with E-state index in [1.165, 1.54) is 6.21 Å². The number of aryl methyl sites for hydroxylation is 2. The second kappa shape index (κ2) is 11.8. The number of nitrogens with one attached hydrogen (secondary N) is 3. The van der Waals surface area contributed by atoms with Crippen molar-refractivity contribution >= 4 is 45.6 Å². The summed E-state index contributed by atoms with van der Waals surface area (Å²) >= 11 is 3.36. The molecule has 2 rings (SSSR count). The van der Waals surface area contributed by atoms with Crippen LogP contribution in [0.4, 0.5) is 5.69 Å². The first kappa shape index (κ1) is 24.1. The Labute approximate surface area is 189 Å². The summed E-state index contributed by atoms with van der Waals surface area (Å²) in [7, 11) is 0. The minimum absolute atomic E-state index is 0.207. The standard InChI is InChI=1S/C22H25BrN4O4/c1-4-9-24-21(29)22(30)27-25-12-16-11-17(23)6-8-19(16)31-13-20(28)26-18-7-5-14(2)15(3)10-18/h5-8,10-12H,4,9,13H2,1-3H3,(H,24,29)(H,26,28)(H,27,30)/b25-12-. The fraction of sp³-hybridized carbons (Fsp3) is 0.273. The number of ether oxygens (including phenoxy) is 1. The molecule has 0 saturated carbocycles. The van der Waals surface area contributed by atoms with Crippen molar-refractivity contribution in [2.75, 3.05) is 18.5 Å². The maximum atomic E-state index is 12.2. The molecule has 0 aliphatic rings. The van der Waals surface area contributed by atoms with Crippen molar-refractivity contribution in [2.24, 2.45) is 5.10 Å². The molecule has 0 spiro atoms. The van der Waals surface area contributed by atoms with E-state index in [1.807, 2.05) is 39.0 Å². The summed E-state index contributed by atoms with van der Waals surface area (Å²) in [5.74, 6) is -1.54. The summed E-state index contributed by atoms with van der Waals surface area (Å²) in [5.41, 5.74) is 5.59. The van der Waals surface area contributed by atoms with Crippen molar-refractivity contribution in [1.29, 1.82) is 0 Å². The summed E-state index contributed by atoms with van der Waals surface area (Å²) in [4.78, 5) is 35.5. The Morgan fingerprint density at radius 1 is 1.06 bits per heavy atom. The van der Waals surface area contributed by atoms with Gasteiger partial charge in [-0.2, -0.15) is 5.10 Å². The molecule has 2 aromatic rings. The highest BCUT2D eigenvalue weighted by atomic mass is 79.9. The molecule has 0 heterocycles. The van der Waals surface area contributed by atoms with Crippen molar-refractivity contribution in [3.05, 3.63) is 57.6 Å². The molecular weight excluding hydrogens is 464 g/mol. The van der Waals surface area contributed by atoms with E-state index in [9.17, 15) is 14.4 Å². The van der Waals surface area contributed by atoms with Gasteiger partial charge in [0.25, 0.3) is 5.91 Å². The van der Waals surface area contributed by atoms with E-state index >= 15 is 0 Å². The molecule has 0 unspecified atom stereocenters. The van der Waals surface area contributed by atoms with Crippen LogP contribution in [0.3, 0.4) is 0 Å². The van der Waals surface area contributed by atoms with Gasteiger partial charge in [0, 0.05) is 22.3 Å². The molecule has 0 aliphatic carbocycles. The Bertz CT molecular complexity index is 991. The third-order valence-electron chi connectivity index (χ3n) is 4.23. The minimum atomic E-state index is -0.866. The highest BCUT2D eigenvalue weighted by Gasteiger charge is 2.12. The van der Waals surface area contributed by atoms with E-state index < -0.39 is 11.8 Å². The maximum absolute atomic E-state index is 12.2. The highest BCUT2D eigenvalue weighted by Crippen LogP contribution is 2.22.